The van der Waals surface area contributed by atoms with E-state index in [1.807, 2.05) is 25.2 Å². The van der Waals surface area contributed by atoms with Gasteiger partial charge < -0.3 is 10.4 Å². The third-order valence-electron chi connectivity index (χ3n) is 4.56. The van der Waals surface area contributed by atoms with Crippen molar-refractivity contribution in [1.29, 1.82) is 0 Å². The molecule has 1 aromatic carbocycles. The van der Waals surface area contributed by atoms with Crippen LogP contribution >= 0.6 is 0 Å². The molecule has 2 heterocycles. The summed E-state index contributed by atoms with van der Waals surface area (Å²) in [6, 6.07) is 10.3. The van der Waals surface area contributed by atoms with E-state index in [1.54, 1.807) is 17.2 Å². The quantitative estimate of drug-likeness (QED) is 0.728. The van der Waals surface area contributed by atoms with Gasteiger partial charge in [-0.05, 0) is 11.0 Å². The highest BCUT2D eigenvalue weighted by molar-refractivity contribution is 5.85. The van der Waals surface area contributed by atoms with Crippen LogP contribution in [0.2, 0.25) is 0 Å². The number of rotatable bonds is 6. The van der Waals surface area contributed by atoms with Crippen LogP contribution in [0.25, 0.3) is 11.0 Å². The summed E-state index contributed by atoms with van der Waals surface area (Å²) in [5.41, 5.74) is 1.74. The maximum Gasteiger partial charge on any atom is 0.163 e. The lowest BCUT2D eigenvalue weighted by Crippen LogP contribution is -2.31. The van der Waals surface area contributed by atoms with E-state index in [9.17, 15) is 5.11 Å². The maximum atomic E-state index is 9.83. The summed E-state index contributed by atoms with van der Waals surface area (Å²) in [4.78, 5) is 8.62. The normalized spacial score (nSPS) is 13.2. The minimum absolute atomic E-state index is 0.111. The highest BCUT2D eigenvalue weighted by Crippen LogP contribution is 2.35. The van der Waals surface area contributed by atoms with E-state index in [0.717, 1.165) is 16.9 Å². The Morgan fingerprint density at radius 3 is 2.67 bits per heavy atom. The van der Waals surface area contributed by atoms with Crippen LogP contribution < -0.4 is 5.32 Å². The van der Waals surface area contributed by atoms with Crippen molar-refractivity contribution in [3.63, 3.8) is 0 Å². The highest BCUT2D eigenvalue weighted by Gasteiger charge is 2.30. The van der Waals surface area contributed by atoms with Crippen LogP contribution in [0.15, 0.2) is 42.9 Å². The molecule has 6 heteroatoms. The van der Waals surface area contributed by atoms with Crippen molar-refractivity contribution in [2.24, 2.45) is 12.5 Å². The van der Waals surface area contributed by atoms with E-state index in [2.05, 4.69) is 46.4 Å². The van der Waals surface area contributed by atoms with Gasteiger partial charge >= 0.3 is 0 Å². The Bertz CT molecular complexity index is 813. The van der Waals surface area contributed by atoms with Gasteiger partial charge in [0, 0.05) is 26.1 Å². The Morgan fingerprint density at radius 2 is 1.96 bits per heavy atom. The number of aromatic nitrogens is 4. The second-order valence-electron chi connectivity index (χ2n) is 6.72. The van der Waals surface area contributed by atoms with E-state index in [0.29, 0.717) is 6.54 Å². The van der Waals surface area contributed by atoms with Crippen LogP contribution in [-0.2, 0) is 7.05 Å². The Hall–Kier alpha value is -2.47. The summed E-state index contributed by atoms with van der Waals surface area (Å²) in [7, 11) is 1.86. The third-order valence-corrected chi connectivity index (χ3v) is 4.56. The van der Waals surface area contributed by atoms with Gasteiger partial charge in [0.2, 0.25) is 0 Å². The Kier molecular flexibility index (Phi) is 4.49. The van der Waals surface area contributed by atoms with Gasteiger partial charge in [0.25, 0.3) is 0 Å². The summed E-state index contributed by atoms with van der Waals surface area (Å²) in [6.45, 7) is 4.93. The fourth-order valence-corrected chi connectivity index (χ4v) is 2.94. The second kappa shape index (κ2) is 6.57. The molecule has 2 N–H and O–H groups in total. The van der Waals surface area contributed by atoms with E-state index in [1.165, 1.54) is 5.56 Å². The third kappa shape index (κ3) is 3.10. The largest absolute Gasteiger partial charge is 0.396 e. The molecule has 0 bridgehead atoms. The maximum absolute atomic E-state index is 9.83. The molecule has 6 nitrogen and oxygen atoms in total. The van der Waals surface area contributed by atoms with Crippen LogP contribution in [0.1, 0.15) is 25.3 Å². The number of aliphatic hydroxyl groups excluding tert-OH is 1. The molecule has 0 fully saturated rings. The van der Waals surface area contributed by atoms with Crippen LogP contribution in [-0.4, -0.2) is 38.0 Å². The molecule has 0 aliphatic rings. The van der Waals surface area contributed by atoms with Crippen molar-refractivity contribution < 1.29 is 5.11 Å². The SMILES string of the molecule is Cn1ncc2c(NCC(c3ccccc3)C(C)(C)CO)ncnc21. The molecule has 0 amide bonds. The first-order valence-corrected chi connectivity index (χ1v) is 8.05. The van der Waals surface area contributed by atoms with Crippen molar-refractivity contribution in [3.8, 4) is 0 Å². The molecule has 2 aromatic heterocycles. The number of nitrogens with zero attached hydrogens (tertiary/aromatic N) is 4. The Balaban J connectivity index is 1.88. The fraction of sp³-hybridized carbons (Fsp3) is 0.389. The average molecular weight is 325 g/mol. The smallest absolute Gasteiger partial charge is 0.163 e. The standard InChI is InChI=1S/C18H23N5O/c1-18(2,11-24)15(13-7-5-4-6-8-13)10-19-16-14-9-22-23(3)17(14)21-12-20-16/h4-9,12,15,24H,10-11H2,1-3H3,(H,19,20,21). The van der Waals surface area contributed by atoms with Crippen LogP contribution in [0.5, 0.6) is 0 Å². The topological polar surface area (TPSA) is 75.9 Å². The first kappa shape index (κ1) is 16.4. The summed E-state index contributed by atoms with van der Waals surface area (Å²) in [6.07, 6.45) is 3.31. The number of fused-ring (bicyclic) bond motifs is 1. The first-order valence-electron chi connectivity index (χ1n) is 8.05. The highest BCUT2D eigenvalue weighted by atomic mass is 16.3. The van der Waals surface area contributed by atoms with Gasteiger partial charge in [0.1, 0.15) is 12.1 Å². The lowest BCUT2D eigenvalue weighted by atomic mass is 9.75. The zero-order valence-corrected chi connectivity index (χ0v) is 14.3. The number of hydrogen-bond donors (Lipinski definition) is 2. The summed E-state index contributed by atoms with van der Waals surface area (Å²) in [5, 5.41) is 18.4. The molecule has 0 radical (unpaired) electrons. The number of anilines is 1. The number of aryl methyl sites for hydroxylation is 1. The Labute approximate surface area is 141 Å². The number of benzene rings is 1. The molecule has 1 unspecified atom stereocenters. The molecule has 3 aromatic rings. The fourth-order valence-electron chi connectivity index (χ4n) is 2.94. The zero-order chi connectivity index (χ0) is 17.2. The molecule has 126 valence electrons. The molecule has 0 aliphatic carbocycles. The van der Waals surface area contributed by atoms with E-state index < -0.39 is 0 Å². The molecule has 24 heavy (non-hydrogen) atoms. The predicted octanol–water partition coefficient (Wildman–Crippen LogP) is 2.58. The number of aliphatic hydroxyl groups is 1. The Morgan fingerprint density at radius 1 is 1.21 bits per heavy atom. The molecular formula is C18H23N5O. The average Bonchev–Trinajstić information content (AvgIpc) is 2.98. The van der Waals surface area contributed by atoms with Crippen molar-refractivity contribution in [2.75, 3.05) is 18.5 Å². The second-order valence-corrected chi connectivity index (χ2v) is 6.72. The van der Waals surface area contributed by atoms with Gasteiger partial charge in [0.05, 0.1) is 11.6 Å². The number of hydrogen-bond acceptors (Lipinski definition) is 5. The molecular weight excluding hydrogens is 302 g/mol. The van der Waals surface area contributed by atoms with Crippen LogP contribution in [0.4, 0.5) is 5.82 Å². The predicted molar refractivity (Wildman–Crippen MR) is 94.8 cm³/mol. The minimum Gasteiger partial charge on any atom is -0.396 e. The van der Waals surface area contributed by atoms with Gasteiger partial charge in [-0.1, -0.05) is 44.2 Å². The molecule has 0 saturated heterocycles. The van der Waals surface area contributed by atoms with Crippen molar-refractivity contribution in [1.82, 2.24) is 19.7 Å². The zero-order valence-electron chi connectivity index (χ0n) is 14.3. The first-order chi connectivity index (χ1) is 11.5. The van der Waals surface area contributed by atoms with Gasteiger partial charge in [0.15, 0.2) is 5.65 Å². The van der Waals surface area contributed by atoms with Crippen molar-refractivity contribution in [2.45, 2.75) is 19.8 Å². The van der Waals surface area contributed by atoms with Gasteiger partial charge in [-0.15, -0.1) is 0 Å². The van der Waals surface area contributed by atoms with E-state index in [4.69, 9.17) is 0 Å². The van der Waals surface area contributed by atoms with Crippen molar-refractivity contribution >= 4 is 16.9 Å². The van der Waals surface area contributed by atoms with Gasteiger partial charge in [-0.3, -0.25) is 4.68 Å². The number of nitrogens with one attached hydrogen (secondary N) is 1. The summed E-state index contributed by atoms with van der Waals surface area (Å²) in [5.74, 6) is 0.910. The van der Waals surface area contributed by atoms with E-state index in [-0.39, 0.29) is 17.9 Å². The van der Waals surface area contributed by atoms with Gasteiger partial charge in [-0.25, -0.2) is 9.97 Å². The molecule has 1 atom stereocenters. The van der Waals surface area contributed by atoms with Crippen LogP contribution in [0.3, 0.4) is 0 Å². The summed E-state index contributed by atoms with van der Waals surface area (Å²) >= 11 is 0. The minimum atomic E-state index is -0.255. The molecule has 0 aliphatic heterocycles. The van der Waals surface area contributed by atoms with Gasteiger partial charge in [-0.2, -0.15) is 5.10 Å². The van der Waals surface area contributed by atoms with Crippen LogP contribution in [0, 0.1) is 5.41 Å². The monoisotopic (exact) mass is 325 g/mol. The molecule has 0 spiro atoms. The molecule has 0 saturated carbocycles. The lowest BCUT2D eigenvalue weighted by Gasteiger charge is -2.33. The summed E-state index contributed by atoms with van der Waals surface area (Å²) < 4.78 is 1.73. The van der Waals surface area contributed by atoms with Crippen molar-refractivity contribution in [3.05, 3.63) is 48.4 Å². The lowest BCUT2D eigenvalue weighted by molar-refractivity contribution is 0.134. The van der Waals surface area contributed by atoms with E-state index >= 15 is 0 Å². The molecule has 3 rings (SSSR count).